The van der Waals surface area contributed by atoms with Crippen LogP contribution in [0.1, 0.15) is 47.0 Å². The van der Waals surface area contributed by atoms with Crippen LogP contribution in [0.5, 0.6) is 0 Å². The first kappa shape index (κ1) is 20.2. The Bertz CT molecular complexity index is 349. The summed E-state index contributed by atoms with van der Waals surface area (Å²) in [7, 11) is 4.09. The maximum absolute atomic E-state index is 12.6. The highest BCUT2D eigenvalue weighted by Crippen LogP contribution is 2.19. The summed E-state index contributed by atoms with van der Waals surface area (Å²) in [6.45, 7) is 14.3. The molecule has 1 aliphatic rings. The molecule has 5 nitrogen and oxygen atoms in total. The fourth-order valence-electron chi connectivity index (χ4n) is 3.05. The molecule has 23 heavy (non-hydrogen) atoms. The molecule has 0 aliphatic carbocycles. The Morgan fingerprint density at radius 2 is 1.74 bits per heavy atom. The molecular formula is C18H38N4O. The van der Waals surface area contributed by atoms with Gasteiger partial charge in [-0.1, -0.05) is 20.3 Å². The Balaban J connectivity index is 2.51. The minimum Gasteiger partial charge on any atom is -0.336 e. The number of hydrogen-bond acceptors (Lipinski definition) is 3. The van der Waals surface area contributed by atoms with Gasteiger partial charge in [-0.3, -0.25) is 4.90 Å². The summed E-state index contributed by atoms with van der Waals surface area (Å²) in [5.41, 5.74) is 0.0289. The van der Waals surface area contributed by atoms with Crippen LogP contribution in [0.15, 0.2) is 0 Å². The third-order valence-electron chi connectivity index (χ3n) is 4.57. The predicted molar refractivity (Wildman–Crippen MR) is 97.9 cm³/mol. The van der Waals surface area contributed by atoms with Crippen LogP contribution in [0.2, 0.25) is 0 Å². The van der Waals surface area contributed by atoms with E-state index in [-0.39, 0.29) is 11.6 Å². The minimum atomic E-state index is 0.0289. The van der Waals surface area contributed by atoms with Crippen LogP contribution < -0.4 is 5.32 Å². The highest BCUT2D eigenvalue weighted by Gasteiger charge is 2.29. The lowest BCUT2D eigenvalue weighted by Gasteiger charge is -2.41. The number of piperidine rings is 1. The second kappa shape index (κ2) is 9.48. The number of likely N-dealkylation sites (tertiary alicyclic amines) is 1. The Morgan fingerprint density at radius 1 is 1.13 bits per heavy atom. The molecule has 0 atom stereocenters. The van der Waals surface area contributed by atoms with Crippen molar-refractivity contribution in [3.05, 3.63) is 0 Å². The van der Waals surface area contributed by atoms with Crippen LogP contribution in [0.3, 0.4) is 0 Å². The van der Waals surface area contributed by atoms with Gasteiger partial charge in [-0.05, 0) is 59.8 Å². The molecule has 1 rings (SSSR count). The van der Waals surface area contributed by atoms with Gasteiger partial charge in [-0.2, -0.15) is 0 Å². The van der Waals surface area contributed by atoms with Crippen molar-refractivity contribution in [1.82, 2.24) is 20.0 Å². The molecule has 0 aromatic heterocycles. The summed E-state index contributed by atoms with van der Waals surface area (Å²) in [6, 6.07) is 0.0747. The zero-order chi connectivity index (χ0) is 17.5. The summed E-state index contributed by atoms with van der Waals surface area (Å²) in [5, 5.41) is 3.18. The summed E-state index contributed by atoms with van der Waals surface area (Å²) < 4.78 is 0. The number of nitrogens with one attached hydrogen (secondary N) is 1. The van der Waals surface area contributed by atoms with Crippen molar-refractivity contribution in [2.24, 2.45) is 5.92 Å². The number of nitrogens with zero attached hydrogens (tertiary/aromatic N) is 3. The summed E-state index contributed by atoms with van der Waals surface area (Å²) in [4.78, 5) is 19.2. The van der Waals surface area contributed by atoms with Crippen molar-refractivity contribution in [3.63, 3.8) is 0 Å². The van der Waals surface area contributed by atoms with Crippen LogP contribution in [0.25, 0.3) is 0 Å². The van der Waals surface area contributed by atoms with Gasteiger partial charge in [0, 0.05) is 31.7 Å². The van der Waals surface area contributed by atoms with Crippen LogP contribution in [0.4, 0.5) is 4.79 Å². The number of amides is 2. The number of carbonyl (C=O) groups is 1. The van der Waals surface area contributed by atoms with Crippen LogP contribution in [0, 0.1) is 5.92 Å². The first-order valence-corrected chi connectivity index (χ1v) is 9.15. The van der Waals surface area contributed by atoms with Crippen molar-refractivity contribution in [3.8, 4) is 0 Å². The first-order chi connectivity index (χ1) is 10.7. The van der Waals surface area contributed by atoms with Gasteiger partial charge in [0.1, 0.15) is 0 Å². The number of hydrogen-bond donors (Lipinski definition) is 1. The lowest BCUT2D eigenvalue weighted by Crippen LogP contribution is -2.55. The van der Waals surface area contributed by atoms with E-state index in [1.54, 1.807) is 0 Å². The van der Waals surface area contributed by atoms with Gasteiger partial charge in [0.2, 0.25) is 0 Å². The SMILES string of the molecule is CC(C)CN(CCN(C)C)C(=O)NCC(C)(C)N1CCCCC1. The van der Waals surface area contributed by atoms with Gasteiger partial charge in [0.25, 0.3) is 0 Å². The minimum absolute atomic E-state index is 0.0289. The van der Waals surface area contributed by atoms with E-state index in [1.807, 2.05) is 19.0 Å². The lowest BCUT2D eigenvalue weighted by molar-refractivity contribution is 0.0933. The maximum Gasteiger partial charge on any atom is 0.317 e. The van der Waals surface area contributed by atoms with Gasteiger partial charge in [0.05, 0.1) is 0 Å². The molecule has 0 aromatic carbocycles. The molecule has 1 aliphatic heterocycles. The smallest absolute Gasteiger partial charge is 0.317 e. The largest absolute Gasteiger partial charge is 0.336 e. The molecule has 1 N–H and O–H groups in total. The maximum atomic E-state index is 12.6. The second-order valence-electron chi connectivity index (χ2n) is 8.16. The monoisotopic (exact) mass is 326 g/mol. The summed E-state index contributed by atoms with van der Waals surface area (Å²) >= 11 is 0. The standard InChI is InChI=1S/C18H38N4O/c1-16(2)14-21(13-12-20(5)6)17(23)19-15-18(3,4)22-10-8-7-9-11-22/h16H,7-15H2,1-6H3,(H,19,23). The van der Waals surface area contributed by atoms with E-state index in [0.29, 0.717) is 12.5 Å². The molecule has 0 spiro atoms. The fourth-order valence-corrected chi connectivity index (χ4v) is 3.05. The molecule has 0 bridgehead atoms. The van der Waals surface area contributed by atoms with Crippen LogP contribution >= 0.6 is 0 Å². The van der Waals surface area contributed by atoms with E-state index in [4.69, 9.17) is 0 Å². The summed E-state index contributed by atoms with van der Waals surface area (Å²) in [6.07, 6.45) is 3.89. The van der Waals surface area contributed by atoms with Crippen LogP contribution in [-0.2, 0) is 0 Å². The topological polar surface area (TPSA) is 38.8 Å². The van der Waals surface area contributed by atoms with Crippen molar-refractivity contribution in [1.29, 1.82) is 0 Å². The van der Waals surface area contributed by atoms with Crippen molar-refractivity contribution in [2.45, 2.75) is 52.5 Å². The highest BCUT2D eigenvalue weighted by molar-refractivity contribution is 5.74. The quantitative estimate of drug-likeness (QED) is 0.745. The number of carbonyl (C=O) groups excluding carboxylic acids is 1. The van der Waals surface area contributed by atoms with E-state index in [1.165, 1.54) is 19.3 Å². The van der Waals surface area contributed by atoms with E-state index >= 15 is 0 Å². The molecular weight excluding hydrogens is 288 g/mol. The molecule has 1 fully saturated rings. The van der Waals surface area contributed by atoms with Crippen molar-refractivity contribution >= 4 is 6.03 Å². The lowest BCUT2D eigenvalue weighted by atomic mass is 9.98. The molecule has 136 valence electrons. The third-order valence-corrected chi connectivity index (χ3v) is 4.57. The van der Waals surface area contributed by atoms with Crippen molar-refractivity contribution in [2.75, 3.05) is 53.4 Å². The Kier molecular flexibility index (Phi) is 8.34. The van der Waals surface area contributed by atoms with Crippen molar-refractivity contribution < 1.29 is 4.79 Å². The highest BCUT2D eigenvalue weighted by atomic mass is 16.2. The predicted octanol–water partition coefficient (Wildman–Crippen LogP) is 2.48. The Hall–Kier alpha value is -0.810. The molecule has 0 saturated carbocycles. The molecule has 1 heterocycles. The van der Waals surface area contributed by atoms with Gasteiger partial charge in [0.15, 0.2) is 0 Å². The number of rotatable bonds is 8. The fraction of sp³-hybridized carbons (Fsp3) is 0.944. The zero-order valence-electron chi connectivity index (χ0n) is 16.2. The molecule has 0 aromatic rings. The number of likely N-dealkylation sites (N-methyl/N-ethyl adjacent to an activating group) is 1. The molecule has 1 saturated heterocycles. The molecule has 0 radical (unpaired) electrons. The summed E-state index contributed by atoms with van der Waals surface area (Å²) in [5.74, 6) is 0.484. The molecule has 0 unspecified atom stereocenters. The molecule has 2 amide bonds. The third kappa shape index (κ3) is 7.53. The van der Waals surface area contributed by atoms with E-state index in [0.717, 1.165) is 32.7 Å². The van der Waals surface area contributed by atoms with E-state index < -0.39 is 0 Å². The van der Waals surface area contributed by atoms with Crippen LogP contribution in [-0.4, -0.2) is 79.6 Å². The van der Waals surface area contributed by atoms with Gasteiger partial charge >= 0.3 is 6.03 Å². The van der Waals surface area contributed by atoms with Gasteiger partial charge in [-0.15, -0.1) is 0 Å². The Morgan fingerprint density at radius 3 is 2.26 bits per heavy atom. The van der Waals surface area contributed by atoms with Gasteiger partial charge < -0.3 is 15.1 Å². The zero-order valence-corrected chi connectivity index (χ0v) is 16.2. The second-order valence-corrected chi connectivity index (χ2v) is 8.16. The molecule has 5 heteroatoms. The van der Waals surface area contributed by atoms with E-state index in [9.17, 15) is 4.79 Å². The average Bonchev–Trinajstić information content (AvgIpc) is 2.49. The normalized spacial score (nSPS) is 16.9. The average molecular weight is 327 g/mol. The first-order valence-electron chi connectivity index (χ1n) is 9.15. The van der Waals surface area contributed by atoms with E-state index in [2.05, 4.69) is 42.8 Å². The van der Waals surface area contributed by atoms with Gasteiger partial charge in [-0.25, -0.2) is 4.79 Å². The Labute approximate surface area is 143 Å². The number of urea groups is 1.